The van der Waals surface area contributed by atoms with Crippen molar-refractivity contribution in [1.29, 1.82) is 0 Å². The third kappa shape index (κ3) is 2.87. The lowest BCUT2D eigenvalue weighted by Crippen LogP contribution is -2.26. The summed E-state index contributed by atoms with van der Waals surface area (Å²) in [6.45, 7) is 2.40. The number of rotatable bonds is 4. The minimum Gasteiger partial charge on any atom is -0.352 e. The molecule has 1 aromatic heterocycles. The molecule has 0 saturated heterocycles. The molecule has 0 fully saturated rings. The number of hydrogen-bond acceptors (Lipinski definition) is 4. The topological polar surface area (TPSA) is 83.6 Å². The van der Waals surface area contributed by atoms with Gasteiger partial charge in [0.2, 0.25) is 0 Å². The molecule has 1 aromatic carbocycles. The van der Waals surface area contributed by atoms with Crippen molar-refractivity contribution in [2.45, 2.75) is 13.3 Å². The summed E-state index contributed by atoms with van der Waals surface area (Å²) in [5.41, 5.74) is 1.66. The molecule has 0 unspecified atom stereocenters. The summed E-state index contributed by atoms with van der Waals surface area (Å²) in [5.74, 6) is 0.515. The first-order valence-electron chi connectivity index (χ1n) is 5.33. The number of benzene rings is 1. The van der Waals surface area contributed by atoms with E-state index in [1.54, 1.807) is 6.07 Å². The van der Waals surface area contributed by atoms with Gasteiger partial charge >= 0.3 is 0 Å². The Kier molecular flexibility index (Phi) is 3.44. The lowest BCUT2D eigenvalue weighted by molar-refractivity contribution is 0.0953. The van der Waals surface area contributed by atoms with Crippen LogP contribution in [0.2, 0.25) is 0 Å². The minimum atomic E-state index is -0.0772. The maximum Gasteiger partial charge on any atom is 0.251 e. The van der Waals surface area contributed by atoms with Gasteiger partial charge in [0.05, 0.1) is 0 Å². The van der Waals surface area contributed by atoms with E-state index in [9.17, 15) is 4.79 Å². The molecule has 2 rings (SSSR count). The van der Waals surface area contributed by atoms with Gasteiger partial charge in [0.1, 0.15) is 0 Å². The fraction of sp³-hybridized carbons (Fsp3) is 0.273. The normalized spacial score (nSPS) is 10.2. The second-order valence-corrected chi connectivity index (χ2v) is 3.65. The molecule has 1 amide bonds. The fourth-order valence-corrected chi connectivity index (χ4v) is 1.50. The standard InChI is InChI=1S/C11H13N5O/c1-8-4-2-3-5-9(8)11(17)12-7-6-10-13-15-16-14-10/h2-5H,6-7H2,1H3,(H,12,17)(H,13,14,15,16). The number of aromatic nitrogens is 4. The van der Waals surface area contributed by atoms with Crippen LogP contribution < -0.4 is 5.32 Å². The van der Waals surface area contributed by atoms with Crippen molar-refractivity contribution in [3.05, 3.63) is 41.2 Å². The Labute approximate surface area is 98.4 Å². The minimum absolute atomic E-state index is 0.0772. The number of nitrogens with zero attached hydrogens (tertiary/aromatic N) is 3. The summed E-state index contributed by atoms with van der Waals surface area (Å²) in [5, 5.41) is 16.2. The van der Waals surface area contributed by atoms with Crippen LogP contribution in [-0.2, 0) is 6.42 Å². The van der Waals surface area contributed by atoms with Crippen LogP contribution in [0.3, 0.4) is 0 Å². The molecule has 1 heterocycles. The van der Waals surface area contributed by atoms with Crippen LogP contribution in [0.25, 0.3) is 0 Å². The number of H-pyrrole nitrogens is 1. The van der Waals surface area contributed by atoms with E-state index in [0.717, 1.165) is 5.56 Å². The van der Waals surface area contributed by atoms with Crippen molar-refractivity contribution in [2.24, 2.45) is 0 Å². The number of carbonyl (C=O) groups is 1. The van der Waals surface area contributed by atoms with Gasteiger partial charge in [-0.2, -0.15) is 5.21 Å². The highest BCUT2D eigenvalue weighted by Gasteiger charge is 2.07. The molecule has 0 spiro atoms. The third-order valence-corrected chi connectivity index (χ3v) is 2.41. The van der Waals surface area contributed by atoms with E-state index in [1.807, 2.05) is 25.1 Å². The van der Waals surface area contributed by atoms with Gasteiger partial charge in [-0.25, -0.2) is 0 Å². The van der Waals surface area contributed by atoms with Crippen molar-refractivity contribution in [3.63, 3.8) is 0 Å². The van der Waals surface area contributed by atoms with Gasteiger partial charge in [-0.05, 0) is 18.6 Å². The predicted molar refractivity (Wildman–Crippen MR) is 61.4 cm³/mol. The predicted octanol–water partition coefficient (Wildman–Crippen LogP) is 0.481. The Morgan fingerprint density at radius 2 is 2.24 bits per heavy atom. The van der Waals surface area contributed by atoms with Crippen LogP contribution in [0.1, 0.15) is 21.7 Å². The van der Waals surface area contributed by atoms with Crippen LogP contribution in [-0.4, -0.2) is 33.1 Å². The number of amides is 1. The Hall–Kier alpha value is -2.24. The summed E-state index contributed by atoms with van der Waals surface area (Å²) < 4.78 is 0. The summed E-state index contributed by atoms with van der Waals surface area (Å²) in [4.78, 5) is 11.8. The summed E-state index contributed by atoms with van der Waals surface area (Å²) in [6, 6.07) is 7.47. The number of tetrazole rings is 1. The van der Waals surface area contributed by atoms with E-state index in [4.69, 9.17) is 0 Å². The maximum atomic E-state index is 11.8. The molecule has 0 aliphatic rings. The largest absolute Gasteiger partial charge is 0.352 e. The molecule has 88 valence electrons. The Morgan fingerprint density at radius 1 is 1.41 bits per heavy atom. The molecule has 2 aromatic rings. The number of nitrogens with one attached hydrogen (secondary N) is 2. The average molecular weight is 231 g/mol. The van der Waals surface area contributed by atoms with E-state index in [2.05, 4.69) is 25.9 Å². The molecule has 0 aliphatic heterocycles. The SMILES string of the molecule is Cc1ccccc1C(=O)NCCc1nn[nH]n1. The van der Waals surface area contributed by atoms with Crippen molar-refractivity contribution in [1.82, 2.24) is 25.9 Å². The van der Waals surface area contributed by atoms with Gasteiger partial charge in [-0.15, -0.1) is 10.2 Å². The second-order valence-electron chi connectivity index (χ2n) is 3.65. The van der Waals surface area contributed by atoms with E-state index < -0.39 is 0 Å². The van der Waals surface area contributed by atoms with Gasteiger partial charge in [-0.3, -0.25) is 4.79 Å². The highest BCUT2D eigenvalue weighted by Crippen LogP contribution is 2.06. The van der Waals surface area contributed by atoms with E-state index >= 15 is 0 Å². The number of carbonyl (C=O) groups excluding carboxylic acids is 1. The zero-order valence-electron chi connectivity index (χ0n) is 9.47. The lowest BCUT2D eigenvalue weighted by Gasteiger charge is -2.05. The van der Waals surface area contributed by atoms with Crippen LogP contribution in [0.4, 0.5) is 0 Å². The lowest BCUT2D eigenvalue weighted by atomic mass is 10.1. The molecule has 0 radical (unpaired) electrons. The smallest absolute Gasteiger partial charge is 0.251 e. The van der Waals surface area contributed by atoms with Gasteiger partial charge < -0.3 is 5.32 Å². The number of aryl methyl sites for hydroxylation is 1. The number of hydrogen-bond donors (Lipinski definition) is 2. The molecule has 6 heteroatoms. The molecule has 0 saturated carbocycles. The zero-order valence-corrected chi connectivity index (χ0v) is 9.47. The van der Waals surface area contributed by atoms with Crippen molar-refractivity contribution >= 4 is 5.91 Å². The van der Waals surface area contributed by atoms with E-state index in [-0.39, 0.29) is 5.91 Å². The second kappa shape index (κ2) is 5.20. The number of aromatic amines is 1. The first-order valence-corrected chi connectivity index (χ1v) is 5.33. The molecular weight excluding hydrogens is 218 g/mol. The fourth-order valence-electron chi connectivity index (χ4n) is 1.50. The van der Waals surface area contributed by atoms with Gasteiger partial charge in [0.15, 0.2) is 5.82 Å². The third-order valence-electron chi connectivity index (χ3n) is 2.41. The first-order chi connectivity index (χ1) is 8.27. The molecule has 2 N–H and O–H groups in total. The Balaban J connectivity index is 1.88. The molecule has 6 nitrogen and oxygen atoms in total. The highest BCUT2D eigenvalue weighted by atomic mass is 16.1. The molecule has 0 aliphatic carbocycles. The molecular formula is C11H13N5O. The summed E-state index contributed by atoms with van der Waals surface area (Å²) in [7, 11) is 0. The van der Waals surface area contributed by atoms with Crippen LogP contribution >= 0.6 is 0 Å². The van der Waals surface area contributed by atoms with Crippen LogP contribution in [0, 0.1) is 6.92 Å². The quantitative estimate of drug-likeness (QED) is 0.801. The average Bonchev–Trinajstić information content (AvgIpc) is 2.82. The monoisotopic (exact) mass is 231 g/mol. The van der Waals surface area contributed by atoms with E-state index in [1.165, 1.54) is 0 Å². The highest BCUT2D eigenvalue weighted by molar-refractivity contribution is 5.95. The van der Waals surface area contributed by atoms with Crippen LogP contribution in [0.15, 0.2) is 24.3 Å². The van der Waals surface area contributed by atoms with E-state index in [0.29, 0.717) is 24.4 Å². The first kappa shape index (κ1) is 11.3. The molecule has 0 atom stereocenters. The van der Waals surface area contributed by atoms with Crippen LogP contribution in [0.5, 0.6) is 0 Å². The van der Waals surface area contributed by atoms with Crippen molar-refractivity contribution < 1.29 is 4.79 Å². The van der Waals surface area contributed by atoms with Crippen molar-refractivity contribution in [3.8, 4) is 0 Å². The maximum absolute atomic E-state index is 11.8. The Bertz CT molecular complexity index is 494. The summed E-state index contributed by atoms with van der Waals surface area (Å²) in [6.07, 6.45) is 0.564. The Morgan fingerprint density at radius 3 is 2.94 bits per heavy atom. The van der Waals surface area contributed by atoms with Gasteiger partial charge in [0.25, 0.3) is 5.91 Å². The summed E-state index contributed by atoms with van der Waals surface area (Å²) >= 11 is 0. The molecule has 17 heavy (non-hydrogen) atoms. The van der Waals surface area contributed by atoms with Gasteiger partial charge in [-0.1, -0.05) is 23.4 Å². The molecule has 0 bridgehead atoms. The zero-order chi connectivity index (χ0) is 12.1. The van der Waals surface area contributed by atoms with Gasteiger partial charge in [0, 0.05) is 18.5 Å². The van der Waals surface area contributed by atoms with Crippen molar-refractivity contribution in [2.75, 3.05) is 6.54 Å².